The van der Waals surface area contributed by atoms with Crippen LogP contribution in [0.4, 0.5) is 0 Å². The predicted molar refractivity (Wildman–Crippen MR) is 53.6 cm³/mol. The molecule has 0 saturated heterocycles. The minimum Gasteiger partial charge on any atom is -0.338 e. The minimum absolute atomic E-state index is 0.0113. The fourth-order valence-corrected chi connectivity index (χ4v) is 0.809. The summed E-state index contributed by atoms with van der Waals surface area (Å²) in [6.07, 6.45) is 3.12. The Hall–Kier alpha value is -1.65. The summed E-state index contributed by atoms with van der Waals surface area (Å²) in [6, 6.07) is 0. The molecule has 0 heterocycles. The summed E-state index contributed by atoms with van der Waals surface area (Å²) in [5.74, 6) is -0.883. The summed E-state index contributed by atoms with van der Waals surface area (Å²) in [5.41, 5.74) is 0. The number of nitrogens with zero attached hydrogens (tertiary/aromatic N) is 1. The van der Waals surface area contributed by atoms with Crippen LogP contribution in [0, 0.1) is 0 Å². The zero-order valence-electron chi connectivity index (χ0n) is 8.77. The molecule has 1 amide bonds. The number of carbonyl (C=O) groups is 3. The van der Waals surface area contributed by atoms with Crippen LogP contribution in [-0.4, -0.2) is 30.3 Å². The Labute approximate surface area is 88.6 Å². The smallest absolute Gasteiger partial charge is 0.332 e. The van der Waals surface area contributed by atoms with Crippen molar-refractivity contribution in [3.05, 3.63) is 12.7 Å². The van der Waals surface area contributed by atoms with E-state index in [2.05, 4.69) is 11.4 Å². The number of hydrogen-bond acceptors (Lipinski definition) is 4. The number of hydroxylamine groups is 2. The van der Waals surface area contributed by atoms with Crippen LogP contribution in [0.3, 0.4) is 0 Å². The van der Waals surface area contributed by atoms with E-state index in [-0.39, 0.29) is 25.2 Å². The van der Waals surface area contributed by atoms with E-state index in [1.807, 2.05) is 0 Å². The third kappa shape index (κ3) is 6.42. The summed E-state index contributed by atoms with van der Waals surface area (Å²) in [4.78, 5) is 36.9. The number of rotatable bonds is 6. The molecule has 0 bridgehead atoms. The van der Waals surface area contributed by atoms with Gasteiger partial charge in [-0.1, -0.05) is 6.08 Å². The lowest BCUT2D eigenvalue weighted by Crippen LogP contribution is -2.29. The Bertz CT molecular complexity index is 250. The van der Waals surface area contributed by atoms with Gasteiger partial charge in [-0.3, -0.25) is 4.79 Å². The number of amides is 1. The van der Waals surface area contributed by atoms with E-state index in [1.54, 1.807) is 6.08 Å². The quantitative estimate of drug-likeness (QED) is 0.373. The summed E-state index contributed by atoms with van der Waals surface area (Å²) < 4.78 is 0. The maximum atomic E-state index is 11.2. The first kappa shape index (κ1) is 13.4. The molecular formula is C10H15NO4. The molecule has 0 radical (unpaired) electrons. The van der Waals surface area contributed by atoms with Gasteiger partial charge in [0.2, 0.25) is 0 Å². The number of carbonyl (C=O) groups excluding carboxylic acids is 3. The first-order chi connectivity index (χ1) is 7.11. The largest absolute Gasteiger partial charge is 0.338 e. The zero-order chi connectivity index (χ0) is 11.7. The Kier molecular flexibility index (Phi) is 6.88. The molecule has 0 saturated carbocycles. The molecule has 0 aliphatic carbocycles. The van der Waals surface area contributed by atoms with Crippen LogP contribution in [-0.2, 0) is 19.2 Å². The molecular weight excluding hydrogens is 198 g/mol. The molecule has 5 heteroatoms. The maximum Gasteiger partial charge on any atom is 0.332 e. The van der Waals surface area contributed by atoms with Gasteiger partial charge in [-0.25, -0.2) is 4.79 Å². The van der Waals surface area contributed by atoms with Gasteiger partial charge < -0.3 is 9.63 Å². The fourth-order valence-electron chi connectivity index (χ4n) is 0.809. The van der Waals surface area contributed by atoms with E-state index in [1.165, 1.54) is 7.05 Å². The molecule has 0 aromatic rings. The van der Waals surface area contributed by atoms with Gasteiger partial charge >= 0.3 is 5.97 Å². The monoisotopic (exact) mass is 213 g/mol. The SMILES string of the molecule is C=CCCC(=O)N(C)OC(=O)CCC=O. The van der Waals surface area contributed by atoms with Gasteiger partial charge in [0, 0.05) is 19.9 Å². The predicted octanol–water partition coefficient (Wildman–Crippen LogP) is 0.848. The molecule has 15 heavy (non-hydrogen) atoms. The molecule has 0 spiro atoms. The van der Waals surface area contributed by atoms with Crippen molar-refractivity contribution in [3.8, 4) is 0 Å². The molecule has 0 fully saturated rings. The average Bonchev–Trinajstić information content (AvgIpc) is 2.22. The summed E-state index contributed by atoms with van der Waals surface area (Å²) >= 11 is 0. The Morgan fingerprint density at radius 2 is 2.00 bits per heavy atom. The van der Waals surface area contributed by atoms with Gasteiger partial charge in [0.1, 0.15) is 6.29 Å². The fraction of sp³-hybridized carbons (Fsp3) is 0.500. The lowest BCUT2D eigenvalue weighted by atomic mass is 10.3. The van der Waals surface area contributed by atoms with E-state index in [4.69, 9.17) is 0 Å². The highest BCUT2D eigenvalue weighted by Crippen LogP contribution is 1.99. The summed E-state index contributed by atoms with van der Waals surface area (Å²) in [7, 11) is 1.37. The average molecular weight is 213 g/mol. The van der Waals surface area contributed by atoms with Gasteiger partial charge in [-0.2, -0.15) is 5.06 Å². The van der Waals surface area contributed by atoms with Crippen molar-refractivity contribution < 1.29 is 19.2 Å². The van der Waals surface area contributed by atoms with Crippen LogP contribution in [0.2, 0.25) is 0 Å². The van der Waals surface area contributed by atoms with Crippen molar-refractivity contribution in [2.45, 2.75) is 25.7 Å². The second-order valence-electron chi connectivity index (χ2n) is 2.89. The van der Waals surface area contributed by atoms with Gasteiger partial charge in [0.15, 0.2) is 0 Å². The van der Waals surface area contributed by atoms with Gasteiger partial charge in [-0.15, -0.1) is 6.58 Å². The van der Waals surface area contributed by atoms with Crippen molar-refractivity contribution in [1.29, 1.82) is 0 Å². The lowest BCUT2D eigenvalue weighted by Gasteiger charge is -2.15. The number of aldehydes is 1. The Balaban J connectivity index is 3.84. The highest BCUT2D eigenvalue weighted by molar-refractivity contribution is 5.78. The number of hydrogen-bond donors (Lipinski definition) is 0. The molecule has 0 atom stereocenters. The topological polar surface area (TPSA) is 63.7 Å². The van der Waals surface area contributed by atoms with Crippen molar-refractivity contribution in [3.63, 3.8) is 0 Å². The molecule has 0 aliphatic rings. The van der Waals surface area contributed by atoms with Crippen molar-refractivity contribution in [1.82, 2.24) is 5.06 Å². The van der Waals surface area contributed by atoms with E-state index in [0.29, 0.717) is 12.7 Å². The first-order valence-corrected chi connectivity index (χ1v) is 4.63. The zero-order valence-corrected chi connectivity index (χ0v) is 8.77. The molecule has 0 rings (SSSR count). The van der Waals surface area contributed by atoms with Crippen LogP contribution < -0.4 is 0 Å². The Morgan fingerprint density at radius 1 is 1.33 bits per heavy atom. The van der Waals surface area contributed by atoms with Crippen LogP contribution in [0.15, 0.2) is 12.7 Å². The van der Waals surface area contributed by atoms with Crippen LogP contribution in [0.5, 0.6) is 0 Å². The van der Waals surface area contributed by atoms with Crippen molar-refractivity contribution in [2.75, 3.05) is 7.05 Å². The Morgan fingerprint density at radius 3 is 2.53 bits per heavy atom. The molecule has 0 aromatic carbocycles. The van der Waals surface area contributed by atoms with Crippen LogP contribution in [0.1, 0.15) is 25.7 Å². The third-order valence-corrected chi connectivity index (χ3v) is 1.62. The highest BCUT2D eigenvalue weighted by Gasteiger charge is 2.12. The number of allylic oxidation sites excluding steroid dienone is 1. The normalized spacial score (nSPS) is 9.13. The minimum atomic E-state index is -0.587. The first-order valence-electron chi connectivity index (χ1n) is 4.63. The molecule has 0 aromatic heterocycles. The summed E-state index contributed by atoms with van der Waals surface area (Å²) in [6.45, 7) is 3.48. The molecule has 5 nitrogen and oxygen atoms in total. The summed E-state index contributed by atoms with van der Waals surface area (Å²) in [5, 5.41) is 0.886. The molecule has 0 unspecified atom stereocenters. The molecule has 0 aliphatic heterocycles. The van der Waals surface area contributed by atoms with E-state index < -0.39 is 5.97 Å². The van der Waals surface area contributed by atoms with Crippen molar-refractivity contribution >= 4 is 18.2 Å². The highest BCUT2D eigenvalue weighted by atomic mass is 16.7. The third-order valence-electron chi connectivity index (χ3n) is 1.62. The van der Waals surface area contributed by atoms with Crippen LogP contribution in [0.25, 0.3) is 0 Å². The molecule has 84 valence electrons. The van der Waals surface area contributed by atoms with Gasteiger partial charge in [0.25, 0.3) is 5.91 Å². The second-order valence-corrected chi connectivity index (χ2v) is 2.89. The van der Waals surface area contributed by atoms with Gasteiger partial charge in [-0.05, 0) is 6.42 Å². The van der Waals surface area contributed by atoms with E-state index in [9.17, 15) is 14.4 Å². The van der Waals surface area contributed by atoms with Crippen LogP contribution >= 0.6 is 0 Å². The van der Waals surface area contributed by atoms with E-state index in [0.717, 1.165) is 5.06 Å². The lowest BCUT2D eigenvalue weighted by molar-refractivity contribution is -0.192. The van der Waals surface area contributed by atoms with E-state index >= 15 is 0 Å². The van der Waals surface area contributed by atoms with Crippen molar-refractivity contribution in [2.24, 2.45) is 0 Å². The second kappa shape index (κ2) is 7.73. The molecule has 0 N–H and O–H groups in total. The maximum absolute atomic E-state index is 11.2. The van der Waals surface area contributed by atoms with Gasteiger partial charge in [0.05, 0.1) is 6.42 Å². The standard InChI is InChI=1S/C10H15NO4/c1-3-4-6-9(13)11(2)15-10(14)7-5-8-12/h3,8H,1,4-7H2,2H3.